The van der Waals surface area contributed by atoms with Gasteiger partial charge in [0.2, 0.25) is 0 Å². The van der Waals surface area contributed by atoms with Gasteiger partial charge in [-0.05, 0) is 49.2 Å². The van der Waals surface area contributed by atoms with Crippen LogP contribution in [0.1, 0.15) is 21.5 Å². The fourth-order valence-corrected chi connectivity index (χ4v) is 2.05. The molecule has 2 N–H and O–H groups in total. The standard InChI is InChI=1S/C14H16N2O/c1-2-7-16-14(17)13-4-3-11-5-8-15-9-6-12(11)10-13/h1,3-4,10,15H,5-9H2,(H,16,17). The maximum absolute atomic E-state index is 11.8. The van der Waals surface area contributed by atoms with Crippen molar-refractivity contribution in [1.82, 2.24) is 10.6 Å². The molecular weight excluding hydrogens is 212 g/mol. The van der Waals surface area contributed by atoms with Gasteiger partial charge in [-0.15, -0.1) is 6.42 Å². The lowest BCUT2D eigenvalue weighted by Crippen LogP contribution is -2.23. The number of hydrogen-bond donors (Lipinski definition) is 2. The maximum atomic E-state index is 11.8. The lowest BCUT2D eigenvalue weighted by Gasteiger charge is -2.08. The van der Waals surface area contributed by atoms with E-state index in [-0.39, 0.29) is 12.5 Å². The van der Waals surface area contributed by atoms with Gasteiger partial charge in [0.15, 0.2) is 0 Å². The highest BCUT2D eigenvalue weighted by Crippen LogP contribution is 2.15. The van der Waals surface area contributed by atoms with E-state index < -0.39 is 0 Å². The van der Waals surface area contributed by atoms with Gasteiger partial charge >= 0.3 is 0 Å². The van der Waals surface area contributed by atoms with Crippen molar-refractivity contribution >= 4 is 5.91 Å². The Bertz CT molecular complexity index is 460. The summed E-state index contributed by atoms with van der Waals surface area (Å²) in [5.74, 6) is 2.30. The predicted molar refractivity (Wildman–Crippen MR) is 67.9 cm³/mol. The highest BCUT2D eigenvalue weighted by Gasteiger charge is 2.11. The van der Waals surface area contributed by atoms with Crippen molar-refractivity contribution in [3.05, 3.63) is 34.9 Å². The Hall–Kier alpha value is -1.79. The van der Waals surface area contributed by atoms with Gasteiger partial charge < -0.3 is 10.6 Å². The third-order valence-electron chi connectivity index (χ3n) is 2.96. The molecule has 1 heterocycles. The zero-order valence-electron chi connectivity index (χ0n) is 9.75. The first-order valence-corrected chi connectivity index (χ1v) is 5.85. The van der Waals surface area contributed by atoms with Gasteiger partial charge in [0.1, 0.15) is 0 Å². The summed E-state index contributed by atoms with van der Waals surface area (Å²) in [5.41, 5.74) is 3.30. The SMILES string of the molecule is C#CCNC(=O)c1ccc2c(c1)CCNCC2. The fraction of sp³-hybridized carbons (Fsp3) is 0.357. The quantitative estimate of drug-likeness (QED) is 0.733. The first kappa shape index (κ1) is 11.7. The van der Waals surface area contributed by atoms with E-state index >= 15 is 0 Å². The lowest BCUT2D eigenvalue weighted by molar-refractivity contribution is 0.0958. The zero-order chi connectivity index (χ0) is 12.1. The molecule has 0 aromatic heterocycles. The highest BCUT2D eigenvalue weighted by molar-refractivity contribution is 5.94. The van der Waals surface area contributed by atoms with Crippen LogP contribution >= 0.6 is 0 Å². The summed E-state index contributed by atoms with van der Waals surface area (Å²) in [6.07, 6.45) is 7.12. The van der Waals surface area contributed by atoms with E-state index in [0.717, 1.165) is 25.9 Å². The van der Waals surface area contributed by atoms with Gasteiger partial charge in [-0.2, -0.15) is 0 Å². The van der Waals surface area contributed by atoms with Crippen LogP contribution in [0.4, 0.5) is 0 Å². The van der Waals surface area contributed by atoms with Crippen molar-refractivity contribution in [3.8, 4) is 12.3 Å². The van der Waals surface area contributed by atoms with Crippen LogP contribution in [0, 0.1) is 12.3 Å². The molecule has 0 fully saturated rings. The molecule has 0 spiro atoms. The minimum atomic E-state index is -0.0945. The van der Waals surface area contributed by atoms with Crippen LogP contribution in [0.5, 0.6) is 0 Å². The number of terminal acetylenes is 1. The minimum absolute atomic E-state index is 0.0945. The van der Waals surface area contributed by atoms with Crippen LogP contribution < -0.4 is 10.6 Å². The van der Waals surface area contributed by atoms with E-state index in [4.69, 9.17) is 6.42 Å². The van der Waals surface area contributed by atoms with Crippen molar-refractivity contribution in [2.24, 2.45) is 0 Å². The number of fused-ring (bicyclic) bond motifs is 1. The number of carbonyl (C=O) groups excluding carboxylic acids is 1. The van der Waals surface area contributed by atoms with Crippen LogP contribution in [-0.2, 0) is 12.8 Å². The van der Waals surface area contributed by atoms with Crippen LogP contribution in [0.25, 0.3) is 0 Å². The topological polar surface area (TPSA) is 41.1 Å². The molecule has 1 aliphatic heterocycles. The molecule has 0 aliphatic carbocycles. The van der Waals surface area contributed by atoms with E-state index in [1.54, 1.807) is 0 Å². The molecule has 0 radical (unpaired) electrons. The van der Waals surface area contributed by atoms with Gasteiger partial charge in [0.25, 0.3) is 5.91 Å². The summed E-state index contributed by atoms with van der Waals surface area (Å²) >= 11 is 0. The Balaban J connectivity index is 2.18. The summed E-state index contributed by atoms with van der Waals surface area (Å²) in [7, 11) is 0. The number of carbonyl (C=O) groups is 1. The Morgan fingerprint density at radius 2 is 2.12 bits per heavy atom. The van der Waals surface area contributed by atoms with Crippen LogP contribution in [0.15, 0.2) is 18.2 Å². The molecule has 1 aromatic carbocycles. The predicted octanol–water partition coefficient (Wildman–Crippen LogP) is 0.738. The molecule has 1 aliphatic rings. The molecule has 3 heteroatoms. The molecule has 1 aromatic rings. The molecule has 2 rings (SSSR count). The Morgan fingerprint density at radius 1 is 1.35 bits per heavy atom. The molecule has 0 unspecified atom stereocenters. The number of hydrogen-bond acceptors (Lipinski definition) is 2. The van der Waals surface area contributed by atoms with E-state index in [9.17, 15) is 4.79 Å². The lowest BCUT2D eigenvalue weighted by atomic mass is 10.00. The molecule has 0 saturated carbocycles. The summed E-state index contributed by atoms with van der Waals surface area (Å²) < 4.78 is 0. The van der Waals surface area contributed by atoms with Crippen molar-refractivity contribution in [3.63, 3.8) is 0 Å². The van der Waals surface area contributed by atoms with Crippen LogP contribution in [0.2, 0.25) is 0 Å². The molecule has 0 bridgehead atoms. The Labute approximate surface area is 102 Å². The summed E-state index contributed by atoms with van der Waals surface area (Å²) in [6.45, 7) is 2.26. The zero-order valence-corrected chi connectivity index (χ0v) is 9.75. The third-order valence-corrected chi connectivity index (χ3v) is 2.96. The minimum Gasteiger partial charge on any atom is -0.341 e. The van der Waals surface area contributed by atoms with Crippen LogP contribution in [0.3, 0.4) is 0 Å². The second-order valence-corrected chi connectivity index (χ2v) is 4.12. The fourth-order valence-electron chi connectivity index (χ4n) is 2.05. The highest BCUT2D eigenvalue weighted by atomic mass is 16.1. The first-order chi connectivity index (χ1) is 8.31. The van der Waals surface area contributed by atoms with E-state index in [0.29, 0.717) is 5.56 Å². The molecule has 17 heavy (non-hydrogen) atoms. The molecular formula is C14H16N2O. The second-order valence-electron chi connectivity index (χ2n) is 4.12. The molecule has 1 amide bonds. The van der Waals surface area contributed by atoms with Gasteiger partial charge in [0, 0.05) is 5.56 Å². The van der Waals surface area contributed by atoms with Gasteiger partial charge in [-0.1, -0.05) is 12.0 Å². The van der Waals surface area contributed by atoms with E-state index in [2.05, 4.69) is 16.6 Å². The van der Waals surface area contributed by atoms with Crippen molar-refractivity contribution in [2.45, 2.75) is 12.8 Å². The Morgan fingerprint density at radius 3 is 2.88 bits per heavy atom. The molecule has 88 valence electrons. The number of rotatable bonds is 2. The van der Waals surface area contributed by atoms with E-state index in [1.807, 2.05) is 18.2 Å². The summed E-state index contributed by atoms with van der Waals surface area (Å²) in [5, 5.41) is 6.03. The summed E-state index contributed by atoms with van der Waals surface area (Å²) in [6, 6.07) is 5.90. The normalized spacial score (nSPS) is 14.3. The Kier molecular flexibility index (Phi) is 3.79. The average Bonchev–Trinajstić information content (AvgIpc) is 2.60. The molecule has 0 saturated heterocycles. The molecule has 3 nitrogen and oxygen atoms in total. The van der Waals surface area contributed by atoms with Crippen LogP contribution in [-0.4, -0.2) is 25.5 Å². The largest absolute Gasteiger partial charge is 0.341 e. The van der Waals surface area contributed by atoms with Crippen molar-refractivity contribution in [1.29, 1.82) is 0 Å². The van der Waals surface area contributed by atoms with Gasteiger partial charge in [-0.25, -0.2) is 0 Å². The van der Waals surface area contributed by atoms with Gasteiger partial charge in [-0.3, -0.25) is 4.79 Å². The smallest absolute Gasteiger partial charge is 0.252 e. The third kappa shape index (κ3) is 2.86. The average molecular weight is 228 g/mol. The number of benzene rings is 1. The number of amides is 1. The van der Waals surface area contributed by atoms with E-state index in [1.165, 1.54) is 11.1 Å². The monoisotopic (exact) mass is 228 g/mol. The second kappa shape index (κ2) is 5.51. The maximum Gasteiger partial charge on any atom is 0.252 e. The molecule has 0 atom stereocenters. The first-order valence-electron chi connectivity index (χ1n) is 5.85. The van der Waals surface area contributed by atoms with Gasteiger partial charge in [0.05, 0.1) is 6.54 Å². The van der Waals surface area contributed by atoms with Crippen molar-refractivity contribution < 1.29 is 4.79 Å². The summed E-state index contributed by atoms with van der Waals surface area (Å²) in [4.78, 5) is 11.8. The number of nitrogens with one attached hydrogen (secondary N) is 2. The van der Waals surface area contributed by atoms with Crippen molar-refractivity contribution in [2.75, 3.05) is 19.6 Å².